The summed E-state index contributed by atoms with van der Waals surface area (Å²) in [4.78, 5) is 2.19. The van der Waals surface area contributed by atoms with Gasteiger partial charge in [-0.25, -0.2) is 0 Å². The largest absolute Gasteiger partial charge is 0.366 e. The van der Waals surface area contributed by atoms with Gasteiger partial charge in [0.2, 0.25) is 0 Å². The molecule has 4 heteroatoms. The first-order valence-corrected chi connectivity index (χ1v) is 6.75. The molecule has 1 fully saturated rings. The summed E-state index contributed by atoms with van der Waals surface area (Å²) in [6.07, 6.45) is 0. The van der Waals surface area contributed by atoms with Gasteiger partial charge in [0.25, 0.3) is 0 Å². The Morgan fingerprint density at radius 3 is 2.32 bits per heavy atom. The van der Waals surface area contributed by atoms with Gasteiger partial charge in [-0.3, -0.25) is 0 Å². The monoisotopic (exact) mass is 278 g/mol. The van der Waals surface area contributed by atoms with Crippen molar-refractivity contribution < 1.29 is 4.74 Å². The summed E-state index contributed by atoms with van der Waals surface area (Å²) < 4.78 is 6.06. The highest BCUT2D eigenvalue weighted by Gasteiger charge is 2.38. The predicted octanol–water partition coefficient (Wildman–Crippen LogP) is 3.61. The molecule has 0 unspecified atom stereocenters. The lowest BCUT2D eigenvalue weighted by atomic mass is 9.97. The first kappa shape index (κ1) is 14.2. The summed E-state index contributed by atoms with van der Waals surface area (Å²) in [6, 6.07) is 7.61. The maximum atomic E-state index is 9.25. The number of anilines is 1. The Balaban J connectivity index is 2.41. The van der Waals surface area contributed by atoms with E-state index in [2.05, 4.69) is 38.7 Å². The third-order valence-electron chi connectivity index (χ3n) is 3.12. The van der Waals surface area contributed by atoms with E-state index in [4.69, 9.17) is 16.3 Å². The van der Waals surface area contributed by atoms with Gasteiger partial charge in [0.15, 0.2) is 0 Å². The van der Waals surface area contributed by atoms with Crippen LogP contribution in [0.15, 0.2) is 18.2 Å². The molecule has 0 N–H and O–H groups in total. The maximum absolute atomic E-state index is 9.25. The minimum Gasteiger partial charge on any atom is -0.366 e. The van der Waals surface area contributed by atoms with Crippen LogP contribution in [0.25, 0.3) is 0 Å². The molecule has 1 heterocycles. The van der Waals surface area contributed by atoms with E-state index in [1.165, 1.54) is 0 Å². The molecular weight excluding hydrogens is 260 g/mol. The summed E-state index contributed by atoms with van der Waals surface area (Å²) in [6.45, 7) is 9.75. The molecule has 2 rings (SSSR count). The molecule has 0 aromatic heterocycles. The van der Waals surface area contributed by atoms with E-state index in [-0.39, 0.29) is 11.2 Å². The fourth-order valence-electron chi connectivity index (χ4n) is 2.82. The summed E-state index contributed by atoms with van der Waals surface area (Å²) >= 11 is 6.07. The molecule has 0 amide bonds. The summed E-state index contributed by atoms with van der Waals surface area (Å²) in [5, 5.41) is 9.90. The van der Waals surface area contributed by atoms with Crippen LogP contribution in [0.5, 0.6) is 0 Å². The fourth-order valence-corrected chi connectivity index (χ4v) is 2.99. The Bertz CT molecular complexity index is 515. The third-order valence-corrected chi connectivity index (χ3v) is 3.35. The summed E-state index contributed by atoms with van der Waals surface area (Å²) in [7, 11) is 0. The Hall–Kier alpha value is -1.24. The first-order chi connectivity index (χ1) is 8.72. The summed E-state index contributed by atoms with van der Waals surface area (Å²) in [5.41, 5.74) is 1.03. The third kappa shape index (κ3) is 3.20. The highest BCUT2D eigenvalue weighted by molar-refractivity contribution is 6.30. The van der Waals surface area contributed by atoms with E-state index in [9.17, 15) is 5.26 Å². The highest BCUT2D eigenvalue weighted by atomic mass is 35.5. The highest BCUT2D eigenvalue weighted by Crippen LogP contribution is 2.34. The lowest BCUT2D eigenvalue weighted by molar-refractivity contribution is -0.133. The molecular formula is C15H19ClN2O. The number of rotatable bonds is 1. The second-order valence-electron chi connectivity index (χ2n) is 6.25. The number of nitrogens with zero attached hydrogens (tertiary/aromatic N) is 2. The number of halogens is 1. The van der Waals surface area contributed by atoms with Crippen molar-refractivity contribution in [2.24, 2.45) is 0 Å². The van der Waals surface area contributed by atoms with Gasteiger partial charge in [-0.1, -0.05) is 11.6 Å². The van der Waals surface area contributed by atoms with E-state index in [0.29, 0.717) is 10.6 Å². The Kier molecular flexibility index (Phi) is 3.51. The molecule has 0 atom stereocenters. The number of ether oxygens (including phenoxy) is 1. The molecule has 0 aliphatic carbocycles. The van der Waals surface area contributed by atoms with Gasteiger partial charge >= 0.3 is 0 Å². The normalized spacial score (nSPS) is 20.9. The van der Waals surface area contributed by atoms with Gasteiger partial charge in [0.05, 0.1) is 22.5 Å². The van der Waals surface area contributed by atoms with Crippen LogP contribution in [0.4, 0.5) is 5.69 Å². The minimum absolute atomic E-state index is 0.253. The lowest BCUT2D eigenvalue weighted by Crippen LogP contribution is -2.57. The molecule has 0 saturated carbocycles. The van der Waals surface area contributed by atoms with Gasteiger partial charge in [0.1, 0.15) is 6.07 Å². The molecule has 102 valence electrons. The quantitative estimate of drug-likeness (QED) is 0.787. The van der Waals surface area contributed by atoms with Crippen LogP contribution in [0.3, 0.4) is 0 Å². The van der Waals surface area contributed by atoms with Crippen molar-refractivity contribution >= 4 is 17.3 Å². The van der Waals surface area contributed by atoms with Crippen molar-refractivity contribution in [2.45, 2.75) is 38.9 Å². The molecule has 3 nitrogen and oxygen atoms in total. The molecule has 0 radical (unpaired) electrons. The van der Waals surface area contributed by atoms with Crippen molar-refractivity contribution in [1.29, 1.82) is 5.26 Å². The first-order valence-electron chi connectivity index (χ1n) is 6.37. The van der Waals surface area contributed by atoms with E-state index in [1.54, 1.807) is 12.1 Å². The molecule has 1 saturated heterocycles. The van der Waals surface area contributed by atoms with Crippen molar-refractivity contribution in [3.05, 3.63) is 28.8 Å². The van der Waals surface area contributed by atoms with Gasteiger partial charge in [-0.15, -0.1) is 0 Å². The zero-order valence-electron chi connectivity index (χ0n) is 11.8. The second-order valence-corrected chi connectivity index (χ2v) is 6.69. The van der Waals surface area contributed by atoms with Crippen molar-refractivity contribution in [1.82, 2.24) is 0 Å². The number of hydrogen-bond acceptors (Lipinski definition) is 3. The number of morpholine rings is 1. The van der Waals surface area contributed by atoms with Crippen molar-refractivity contribution in [3.63, 3.8) is 0 Å². The maximum Gasteiger partial charge on any atom is 0.101 e. The average Bonchev–Trinajstić information content (AvgIpc) is 2.24. The SMILES string of the molecule is CC1(C)CN(c2cc(Cl)ccc2C#N)CC(C)(C)O1. The molecule has 1 aromatic carbocycles. The predicted molar refractivity (Wildman–Crippen MR) is 77.6 cm³/mol. The molecule has 0 spiro atoms. The van der Waals surface area contributed by atoms with Crippen LogP contribution >= 0.6 is 11.6 Å². The smallest absolute Gasteiger partial charge is 0.101 e. The average molecular weight is 279 g/mol. The van der Waals surface area contributed by atoms with Gasteiger partial charge in [-0.05, 0) is 45.9 Å². The van der Waals surface area contributed by atoms with Crippen LogP contribution in [-0.4, -0.2) is 24.3 Å². The van der Waals surface area contributed by atoms with Crippen LogP contribution in [0.1, 0.15) is 33.3 Å². The van der Waals surface area contributed by atoms with E-state index >= 15 is 0 Å². The second kappa shape index (κ2) is 4.70. The molecule has 1 aromatic rings. The number of nitriles is 1. The Morgan fingerprint density at radius 1 is 1.21 bits per heavy atom. The van der Waals surface area contributed by atoms with E-state index < -0.39 is 0 Å². The van der Waals surface area contributed by atoms with Gasteiger partial charge in [-0.2, -0.15) is 5.26 Å². The number of hydrogen-bond donors (Lipinski definition) is 0. The van der Waals surface area contributed by atoms with E-state index in [0.717, 1.165) is 18.8 Å². The van der Waals surface area contributed by atoms with Gasteiger partial charge in [0, 0.05) is 18.1 Å². The standard InChI is InChI=1S/C15H19ClN2O/c1-14(2)9-18(10-15(3,4)19-14)13-7-12(16)6-5-11(13)8-17/h5-7H,9-10H2,1-4H3. The minimum atomic E-state index is -0.253. The Morgan fingerprint density at radius 2 is 1.79 bits per heavy atom. The zero-order valence-corrected chi connectivity index (χ0v) is 12.6. The van der Waals surface area contributed by atoms with Crippen LogP contribution in [0, 0.1) is 11.3 Å². The lowest BCUT2D eigenvalue weighted by Gasteiger charge is -2.48. The molecule has 19 heavy (non-hydrogen) atoms. The Labute approximate surface area is 119 Å². The summed E-state index contributed by atoms with van der Waals surface area (Å²) in [5.74, 6) is 0. The van der Waals surface area contributed by atoms with Crippen molar-refractivity contribution in [2.75, 3.05) is 18.0 Å². The fraction of sp³-hybridized carbons (Fsp3) is 0.533. The van der Waals surface area contributed by atoms with Gasteiger partial charge < -0.3 is 9.64 Å². The molecule has 0 bridgehead atoms. The topological polar surface area (TPSA) is 36.3 Å². The molecule has 1 aliphatic heterocycles. The molecule has 1 aliphatic rings. The number of benzene rings is 1. The van der Waals surface area contributed by atoms with Crippen LogP contribution in [-0.2, 0) is 4.74 Å². The van der Waals surface area contributed by atoms with Crippen LogP contribution in [0.2, 0.25) is 5.02 Å². The zero-order chi connectivity index (χ0) is 14.3. The van der Waals surface area contributed by atoms with Crippen molar-refractivity contribution in [3.8, 4) is 6.07 Å². The van der Waals surface area contributed by atoms with Crippen LogP contribution < -0.4 is 4.90 Å². The van der Waals surface area contributed by atoms with E-state index in [1.807, 2.05) is 6.07 Å².